The van der Waals surface area contributed by atoms with Gasteiger partial charge in [0.1, 0.15) is 0 Å². The van der Waals surface area contributed by atoms with Crippen LogP contribution in [0.3, 0.4) is 0 Å². The van der Waals surface area contributed by atoms with E-state index < -0.39 is 6.10 Å². The van der Waals surface area contributed by atoms with Gasteiger partial charge in [-0.1, -0.05) is 24.3 Å². The van der Waals surface area contributed by atoms with E-state index in [9.17, 15) is 9.90 Å². The molecule has 1 fully saturated rings. The molecule has 30 heavy (non-hydrogen) atoms. The minimum absolute atomic E-state index is 0.217. The lowest BCUT2D eigenvalue weighted by atomic mass is 10.00. The van der Waals surface area contributed by atoms with Gasteiger partial charge in [-0.3, -0.25) is 14.7 Å². The lowest BCUT2D eigenvalue weighted by molar-refractivity contribution is 0.0841. The predicted octanol–water partition coefficient (Wildman–Crippen LogP) is 1.82. The maximum Gasteiger partial charge on any atom is 0.253 e. The first-order valence-corrected chi connectivity index (χ1v) is 10.7. The fourth-order valence-corrected chi connectivity index (χ4v) is 4.11. The van der Waals surface area contributed by atoms with E-state index in [0.29, 0.717) is 18.2 Å². The molecule has 2 aliphatic heterocycles. The number of carbonyl (C=O) groups is 1. The van der Waals surface area contributed by atoms with E-state index in [1.54, 1.807) is 12.4 Å². The van der Waals surface area contributed by atoms with Gasteiger partial charge in [0.25, 0.3) is 5.91 Å². The van der Waals surface area contributed by atoms with E-state index in [2.05, 4.69) is 44.8 Å². The third-order valence-corrected chi connectivity index (χ3v) is 5.77. The van der Waals surface area contributed by atoms with Crippen LogP contribution in [0, 0.1) is 0 Å². The summed E-state index contributed by atoms with van der Waals surface area (Å²) in [5, 5.41) is 16.7. The number of ether oxygens (including phenoxy) is 1. The zero-order valence-corrected chi connectivity index (χ0v) is 17.2. The van der Waals surface area contributed by atoms with Crippen molar-refractivity contribution in [1.82, 2.24) is 15.2 Å². The molecule has 1 unspecified atom stereocenters. The second kappa shape index (κ2) is 10.0. The van der Waals surface area contributed by atoms with Crippen LogP contribution in [0.2, 0.25) is 0 Å². The van der Waals surface area contributed by atoms with Crippen molar-refractivity contribution >= 4 is 11.6 Å². The number of aliphatic hydroxyl groups is 1. The molecule has 3 heterocycles. The first-order valence-electron chi connectivity index (χ1n) is 10.7. The van der Waals surface area contributed by atoms with Gasteiger partial charge in [-0.05, 0) is 36.5 Å². The number of rotatable bonds is 7. The molecule has 4 rings (SSSR count). The molecule has 7 nitrogen and oxygen atoms in total. The van der Waals surface area contributed by atoms with Crippen LogP contribution < -0.4 is 10.6 Å². The highest BCUT2D eigenvalue weighted by atomic mass is 16.5. The molecule has 2 aromatic rings. The molecule has 1 aromatic heterocycles. The van der Waals surface area contributed by atoms with Gasteiger partial charge >= 0.3 is 0 Å². The van der Waals surface area contributed by atoms with Crippen molar-refractivity contribution < 1.29 is 14.6 Å². The number of hydrogen-bond acceptors (Lipinski definition) is 6. The van der Waals surface area contributed by atoms with Crippen LogP contribution >= 0.6 is 0 Å². The van der Waals surface area contributed by atoms with Gasteiger partial charge in [0, 0.05) is 57.8 Å². The molecular formula is C23H30N4O3. The van der Waals surface area contributed by atoms with Crippen molar-refractivity contribution in [3.05, 3.63) is 59.4 Å². The summed E-state index contributed by atoms with van der Waals surface area (Å²) in [6.07, 6.45) is 5.56. The Kier molecular flexibility index (Phi) is 6.94. The number of carbonyl (C=O) groups excluding carboxylic acids is 1. The van der Waals surface area contributed by atoms with E-state index in [0.717, 1.165) is 51.3 Å². The van der Waals surface area contributed by atoms with E-state index >= 15 is 0 Å². The number of nitrogens with one attached hydrogen (secondary N) is 2. The Bertz CT molecular complexity index is 854. The Balaban J connectivity index is 1.24. The Labute approximate surface area is 177 Å². The number of benzene rings is 1. The molecule has 1 amide bonds. The van der Waals surface area contributed by atoms with E-state index in [1.165, 1.54) is 11.1 Å². The fourth-order valence-electron chi connectivity index (χ4n) is 4.11. The molecule has 0 bridgehead atoms. The second-order valence-electron chi connectivity index (χ2n) is 8.11. The van der Waals surface area contributed by atoms with Crippen molar-refractivity contribution in [2.45, 2.75) is 38.0 Å². The summed E-state index contributed by atoms with van der Waals surface area (Å²) in [4.78, 5) is 18.9. The van der Waals surface area contributed by atoms with Crippen LogP contribution in [0.1, 0.15) is 34.3 Å². The molecular weight excluding hydrogens is 380 g/mol. The highest BCUT2D eigenvalue weighted by Crippen LogP contribution is 2.18. The molecule has 0 radical (unpaired) electrons. The molecule has 3 N–H and O–H groups in total. The van der Waals surface area contributed by atoms with E-state index in [4.69, 9.17) is 4.74 Å². The predicted molar refractivity (Wildman–Crippen MR) is 115 cm³/mol. The first-order chi connectivity index (χ1) is 14.7. The molecule has 0 spiro atoms. The Morgan fingerprint density at radius 3 is 2.87 bits per heavy atom. The highest BCUT2D eigenvalue weighted by Gasteiger charge is 2.19. The summed E-state index contributed by atoms with van der Waals surface area (Å²) in [6.45, 7) is 4.03. The number of pyridine rings is 1. The van der Waals surface area contributed by atoms with Gasteiger partial charge in [0.15, 0.2) is 0 Å². The van der Waals surface area contributed by atoms with Crippen molar-refractivity contribution in [3.8, 4) is 0 Å². The third kappa shape index (κ3) is 5.56. The van der Waals surface area contributed by atoms with E-state index in [-0.39, 0.29) is 12.5 Å². The summed E-state index contributed by atoms with van der Waals surface area (Å²) < 4.78 is 5.38. The zero-order chi connectivity index (χ0) is 20.8. The smallest absolute Gasteiger partial charge is 0.253 e. The highest BCUT2D eigenvalue weighted by molar-refractivity contribution is 5.94. The number of fused-ring (bicyclic) bond motifs is 1. The van der Waals surface area contributed by atoms with Crippen molar-refractivity contribution in [2.75, 3.05) is 38.2 Å². The Morgan fingerprint density at radius 2 is 2.03 bits per heavy atom. The molecule has 0 aliphatic carbocycles. The first kappa shape index (κ1) is 20.8. The van der Waals surface area contributed by atoms with Crippen LogP contribution in [-0.4, -0.2) is 65.9 Å². The number of nitrogens with zero attached hydrogens (tertiary/aromatic N) is 2. The summed E-state index contributed by atoms with van der Waals surface area (Å²) in [6, 6.07) is 10.6. The fraction of sp³-hybridized carbons (Fsp3) is 0.478. The van der Waals surface area contributed by atoms with Gasteiger partial charge in [0.2, 0.25) is 0 Å². The van der Waals surface area contributed by atoms with Gasteiger partial charge in [-0.25, -0.2) is 0 Å². The lowest BCUT2D eigenvalue weighted by Gasteiger charge is -2.30. The lowest BCUT2D eigenvalue weighted by Crippen LogP contribution is -2.42. The van der Waals surface area contributed by atoms with E-state index in [1.807, 2.05) is 6.07 Å². The van der Waals surface area contributed by atoms with Crippen LogP contribution in [-0.2, 0) is 17.7 Å². The summed E-state index contributed by atoms with van der Waals surface area (Å²) in [5.74, 6) is -0.221. The average Bonchev–Trinajstić information content (AvgIpc) is 2.78. The minimum Gasteiger partial charge on any atom is -0.390 e. The van der Waals surface area contributed by atoms with Crippen molar-refractivity contribution in [3.63, 3.8) is 0 Å². The molecule has 1 atom stereocenters. The summed E-state index contributed by atoms with van der Waals surface area (Å²) in [5.41, 5.74) is 4.03. The zero-order valence-electron chi connectivity index (χ0n) is 17.2. The summed E-state index contributed by atoms with van der Waals surface area (Å²) in [7, 11) is 0. The number of β-amino-alcohol motifs (C(OH)–C–C–N with tert-alkyl or cyclic N) is 1. The van der Waals surface area contributed by atoms with Crippen LogP contribution in [0.15, 0.2) is 42.7 Å². The molecule has 2 aliphatic rings. The quantitative estimate of drug-likeness (QED) is 0.646. The largest absolute Gasteiger partial charge is 0.390 e. The molecule has 1 aromatic carbocycles. The molecule has 0 saturated carbocycles. The number of amides is 1. The van der Waals surface area contributed by atoms with Crippen molar-refractivity contribution in [2.24, 2.45) is 0 Å². The third-order valence-electron chi connectivity index (χ3n) is 5.77. The molecule has 7 heteroatoms. The monoisotopic (exact) mass is 410 g/mol. The second-order valence-corrected chi connectivity index (χ2v) is 8.11. The Hall–Kier alpha value is -2.48. The number of hydrogen-bond donors (Lipinski definition) is 3. The normalized spacial score (nSPS) is 18.4. The SMILES string of the molecule is O=C(NCC(O)CN1CCc2ccccc2C1)c1cncc(NC2CCOCC2)c1. The molecule has 1 saturated heterocycles. The van der Waals surface area contributed by atoms with Gasteiger partial charge in [0.05, 0.1) is 17.4 Å². The topological polar surface area (TPSA) is 86.7 Å². The van der Waals surface area contributed by atoms with Crippen LogP contribution in [0.5, 0.6) is 0 Å². The number of aromatic nitrogens is 1. The number of anilines is 1. The summed E-state index contributed by atoms with van der Waals surface area (Å²) >= 11 is 0. The van der Waals surface area contributed by atoms with Gasteiger partial charge in [-0.15, -0.1) is 0 Å². The standard InChI is InChI=1S/C23H30N4O3/c28-22(16-27-8-5-17-3-1-2-4-18(17)15-27)14-25-23(29)19-11-21(13-24-12-19)26-20-6-9-30-10-7-20/h1-4,11-13,20,22,26,28H,5-10,14-16H2,(H,25,29). The Morgan fingerprint density at radius 1 is 1.23 bits per heavy atom. The maximum absolute atomic E-state index is 12.5. The average molecular weight is 411 g/mol. The van der Waals surface area contributed by atoms with Gasteiger partial charge < -0.3 is 20.5 Å². The van der Waals surface area contributed by atoms with Crippen LogP contribution in [0.4, 0.5) is 5.69 Å². The van der Waals surface area contributed by atoms with Crippen LogP contribution in [0.25, 0.3) is 0 Å². The number of aliphatic hydroxyl groups excluding tert-OH is 1. The van der Waals surface area contributed by atoms with Gasteiger partial charge in [-0.2, -0.15) is 0 Å². The maximum atomic E-state index is 12.5. The van der Waals surface area contributed by atoms with Crippen molar-refractivity contribution in [1.29, 1.82) is 0 Å². The molecule has 160 valence electrons. The minimum atomic E-state index is -0.615.